The van der Waals surface area contributed by atoms with Crippen LogP contribution < -0.4 is 0 Å². The minimum atomic E-state index is 0.0563. The summed E-state index contributed by atoms with van der Waals surface area (Å²) in [7, 11) is 0. The minimum Gasteiger partial charge on any atom is -0.339 e. The average Bonchev–Trinajstić information content (AvgIpc) is 3.24. The zero-order valence-corrected chi connectivity index (χ0v) is 14.5. The molecule has 3 aromatic rings. The Labute approximate surface area is 152 Å². The van der Waals surface area contributed by atoms with Gasteiger partial charge in [0.15, 0.2) is 5.82 Å². The van der Waals surface area contributed by atoms with Crippen molar-refractivity contribution >= 4 is 5.91 Å². The van der Waals surface area contributed by atoms with Gasteiger partial charge in [-0.25, -0.2) is 14.6 Å². The van der Waals surface area contributed by atoms with Crippen molar-refractivity contribution in [3.05, 3.63) is 72.4 Å². The fraction of sp³-hybridized carbons (Fsp3) is 0.300. The van der Waals surface area contributed by atoms with E-state index in [-0.39, 0.29) is 5.91 Å². The van der Waals surface area contributed by atoms with Crippen molar-refractivity contribution in [2.45, 2.75) is 19.3 Å². The van der Waals surface area contributed by atoms with E-state index < -0.39 is 0 Å². The number of aromatic nitrogens is 4. The lowest BCUT2D eigenvalue weighted by Crippen LogP contribution is -2.39. The molecule has 0 aliphatic carbocycles. The number of carbonyl (C=O) groups excluding carboxylic acids is 1. The molecule has 0 saturated carbocycles. The van der Waals surface area contributed by atoms with Crippen LogP contribution in [0.1, 0.15) is 28.8 Å². The summed E-state index contributed by atoms with van der Waals surface area (Å²) in [4.78, 5) is 22.9. The van der Waals surface area contributed by atoms with Crippen molar-refractivity contribution in [2.24, 2.45) is 5.92 Å². The van der Waals surface area contributed by atoms with Crippen LogP contribution in [0.15, 0.2) is 61.3 Å². The minimum absolute atomic E-state index is 0.0563. The normalized spacial score (nSPS) is 15.2. The predicted octanol–water partition coefficient (Wildman–Crippen LogP) is 2.76. The Bertz CT molecular complexity index is 838. The summed E-state index contributed by atoms with van der Waals surface area (Å²) >= 11 is 0. The molecule has 0 radical (unpaired) electrons. The quantitative estimate of drug-likeness (QED) is 0.728. The highest BCUT2D eigenvalue weighted by molar-refractivity contribution is 5.94. The molecule has 0 bridgehead atoms. The number of hydrogen-bond acceptors (Lipinski definition) is 4. The molecule has 0 N–H and O–H groups in total. The molecule has 26 heavy (non-hydrogen) atoms. The van der Waals surface area contributed by atoms with Gasteiger partial charge in [-0.05, 0) is 42.9 Å². The van der Waals surface area contributed by atoms with Gasteiger partial charge in [-0.1, -0.05) is 30.3 Å². The third-order valence-corrected chi connectivity index (χ3v) is 4.92. The summed E-state index contributed by atoms with van der Waals surface area (Å²) in [5.41, 5.74) is 2.00. The van der Waals surface area contributed by atoms with Crippen LogP contribution in [0, 0.1) is 5.92 Å². The molecule has 1 aliphatic heterocycles. The number of rotatable bonds is 4. The Kier molecular flexibility index (Phi) is 4.73. The maximum absolute atomic E-state index is 12.7. The molecule has 0 atom stereocenters. The highest BCUT2D eigenvalue weighted by atomic mass is 16.2. The molecular formula is C20H21N5O. The maximum atomic E-state index is 12.7. The second-order valence-electron chi connectivity index (χ2n) is 6.67. The van der Waals surface area contributed by atoms with Gasteiger partial charge in [0, 0.05) is 19.3 Å². The summed E-state index contributed by atoms with van der Waals surface area (Å²) in [6.07, 6.45) is 7.85. The lowest BCUT2D eigenvalue weighted by molar-refractivity contribution is 0.0690. The Balaban J connectivity index is 1.34. The van der Waals surface area contributed by atoms with Crippen LogP contribution in [0.5, 0.6) is 0 Å². The van der Waals surface area contributed by atoms with Crippen LogP contribution >= 0.6 is 0 Å². The molecule has 1 aromatic carbocycles. The number of carbonyl (C=O) groups is 1. The molecule has 6 nitrogen and oxygen atoms in total. The highest BCUT2D eigenvalue weighted by Crippen LogP contribution is 2.22. The number of likely N-dealkylation sites (tertiary alicyclic amines) is 1. The monoisotopic (exact) mass is 347 g/mol. The lowest BCUT2D eigenvalue weighted by atomic mass is 9.90. The number of piperidine rings is 1. The first-order valence-corrected chi connectivity index (χ1v) is 8.94. The van der Waals surface area contributed by atoms with Crippen LogP contribution in [0.2, 0.25) is 0 Å². The number of hydrogen-bond donors (Lipinski definition) is 0. The van der Waals surface area contributed by atoms with Crippen LogP contribution in [0.3, 0.4) is 0 Å². The molecule has 4 rings (SSSR count). The van der Waals surface area contributed by atoms with Gasteiger partial charge in [-0.2, -0.15) is 5.10 Å². The molecular weight excluding hydrogens is 326 g/mol. The van der Waals surface area contributed by atoms with E-state index in [4.69, 9.17) is 0 Å². The SMILES string of the molecule is O=C(c1ccc(-n2cncn2)nc1)N1CCC(Cc2ccccc2)CC1. The summed E-state index contributed by atoms with van der Waals surface area (Å²) < 4.78 is 1.57. The van der Waals surface area contributed by atoms with Gasteiger partial charge in [0.2, 0.25) is 0 Å². The molecule has 1 aliphatic rings. The van der Waals surface area contributed by atoms with Gasteiger partial charge in [0.25, 0.3) is 5.91 Å². The fourth-order valence-corrected chi connectivity index (χ4v) is 3.44. The van der Waals surface area contributed by atoms with E-state index in [0.29, 0.717) is 17.3 Å². The molecule has 1 fully saturated rings. The first-order valence-electron chi connectivity index (χ1n) is 8.94. The predicted molar refractivity (Wildman–Crippen MR) is 97.9 cm³/mol. The summed E-state index contributed by atoms with van der Waals surface area (Å²) in [6.45, 7) is 1.61. The Hall–Kier alpha value is -3.02. The molecule has 2 aromatic heterocycles. The van der Waals surface area contributed by atoms with E-state index >= 15 is 0 Å². The van der Waals surface area contributed by atoms with Crippen LogP contribution in [0.4, 0.5) is 0 Å². The smallest absolute Gasteiger partial charge is 0.255 e. The maximum Gasteiger partial charge on any atom is 0.255 e. The zero-order chi connectivity index (χ0) is 17.8. The third kappa shape index (κ3) is 3.64. The molecule has 1 saturated heterocycles. The Morgan fingerprint density at radius 1 is 1.08 bits per heavy atom. The average molecular weight is 347 g/mol. The summed E-state index contributed by atoms with van der Waals surface area (Å²) in [6, 6.07) is 14.2. The number of nitrogens with zero attached hydrogens (tertiary/aromatic N) is 5. The van der Waals surface area contributed by atoms with Crippen molar-refractivity contribution in [2.75, 3.05) is 13.1 Å². The van der Waals surface area contributed by atoms with E-state index in [1.54, 1.807) is 23.3 Å². The second kappa shape index (κ2) is 7.47. The van der Waals surface area contributed by atoms with Crippen LogP contribution in [-0.4, -0.2) is 43.6 Å². The van der Waals surface area contributed by atoms with Gasteiger partial charge < -0.3 is 4.90 Å². The first-order chi connectivity index (χ1) is 12.8. The van der Waals surface area contributed by atoms with E-state index in [2.05, 4.69) is 39.3 Å². The van der Waals surface area contributed by atoms with Crippen molar-refractivity contribution in [3.8, 4) is 5.82 Å². The van der Waals surface area contributed by atoms with Crippen molar-refractivity contribution in [3.63, 3.8) is 0 Å². The van der Waals surface area contributed by atoms with E-state index in [9.17, 15) is 4.79 Å². The molecule has 3 heterocycles. The van der Waals surface area contributed by atoms with Gasteiger partial charge in [0.1, 0.15) is 12.7 Å². The fourth-order valence-electron chi connectivity index (χ4n) is 3.44. The van der Waals surface area contributed by atoms with Crippen molar-refractivity contribution in [1.29, 1.82) is 0 Å². The molecule has 0 unspecified atom stereocenters. The van der Waals surface area contributed by atoms with E-state index in [0.717, 1.165) is 32.4 Å². The van der Waals surface area contributed by atoms with Gasteiger partial charge in [0.05, 0.1) is 5.56 Å². The Morgan fingerprint density at radius 2 is 1.88 bits per heavy atom. The zero-order valence-electron chi connectivity index (χ0n) is 14.5. The number of benzene rings is 1. The second-order valence-corrected chi connectivity index (χ2v) is 6.67. The van der Waals surface area contributed by atoms with Gasteiger partial charge >= 0.3 is 0 Å². The molecule has 1 amide bonds. The van der Waals surface area contributed by atoms with Crippen molar-refractivity contribution < 1.29 is 4.79 Å². The standard InChI is InChI=1S/C20H21N5O/c26-20(18-6-7-19(22-13-18)25-15-21-14-23-25)24-10-8-17(9-11-24)12-16-4-2-1-3-5-16/h1-7,13-15,17H,8-12H2. The summed E-state index contributed by atoms with van der Waals surface area (Å²) in [5.74, 6) is 1.36. The Morgan fingerprint density at radius 3 is 2.54 bits per heavy atom. The highest BCUT2D eigenvalue weighted by Gasteiger charge is 2.24. The molecule has 6 heteroatoms. The number of pyridine rings is 1. The van der Waals surface area contributed by atoms with Crippen LogP contribution in [0.25, 0.3) is 5.82 Å². The number of amides is 1. The molecule has 132 valence electrons. The largest absolute Gasteiger partial charge is 0.339 e. The lowest BCUT2D eigenvalue weighted by Gasteiger charge is -2.32. The topological polar surface area (TPSA) is 63.9 Å². The van der Waals surface area contributed by atoms with Gasteiger partial charge in [-0.3, -0.25) is 4.79 Å². The van der Waals surface area contributed by atoms with E-state index in [1.807, 2.05) is 17.0 Å². The van der Waals surface area contributed by atoms with E-state index in [1.165, 1.54) is 11.9 Å². The van der Waals surface area contributed by atoms with Gasteiger partial charge in [-0.15, -0.1) is 0 Å². The van der Waals surface area contributed by atoms with Crippen LogP contribution in [-0.2, 0) is 6.42 Å². The molecule has 0 spiro atoms. The summed E-state index contributed by atoms with van der Waals surface area (Å²) in [5, 5.41) is 4.04. The van der Waals surface area contributed by atoms with Crippen molar-refractivity contribution in [1.82, 2.24) is 24.6 Å². The third-order valence-electron chi connectivity index (χ3n) is 4.92. The first kappa shape index (κ1) is 16.4.